The van der Waals surface area contributed by atoms with Gasteiger partial charge in [0.1, 0.15) is 0 Å². The second-order valence-electron chi connectivity index (χ2n) is 7.39. The number of halogens is 1. The first kappa shape index (κ1) is 21.7. The van der Waals surface area contributed by atoms with Crippen molar-refractivity contribution in [3.8, 4) is 0 Å². The average Bonchev–Trinajstić information content (AvgIpc) is 2.84. The molecule has 0 aliphatic carbocycles. The van der Waals surface area contributed by atoms with Crippen molar-refractivity contribution in [1.82, 2.24) is 0 Å². The summed E-state index contributed by atoms with van der Waals surface area (Å²) >= 11 is 12.7. The van der Waals surface area contributed by atoms with Gasteiger partial charge in [-0.15, -0.1) is 0 Å². The SMILES string of the molecule is O=C(C[C@@H](c1ccc(Cl)cc1)P(=S)(c1ccccc1)c1ccccc1)c1ccccc1. The van der Waals surface area contributed by atoms with E-state index in [1.807, 2.05) is 91.0 Å². The van der Waals surface area contributed by atoms with Gasteiger partial charge in [0.25, 0.3) is 0 Å². The smallest absolute Gasteiger partial charge is 0.163 e. The maximum atomic E-state index is 13.4. The number of hydrogen-bond donors (Lipinski definition) is 0. The topological polar surface area (TPSA) is 17.1 Å². The standard InChI is InChI=1S/C27H22ClOPS/c28-23-18-16-22(17-19-23)27(20-26(29)21-10-4-1-5-11-21)30(31,24-12-6-2-7-13-24)25-14-8-3-9-15-25/h1-19,27H,20H2/t27-/m0/s1. The molecular weight excluding hydrogens is 439 g/mol. The Kier molecular flexibility index (Phi) is 6.83. The first-order valence-corrected chi connectivity index (χ1v) is 13.4. The van der Waals surface area contributed by atoms with Gasteiger partial charge in [-0.05, 0) is 28.3 Å². The third kappa shape index (κ3) is 4.72. The molecule has 0 amide bonds. The number of benzene rings is 4. The number of carbonyl (C=O) groups excluding carboxylic acids is 1. The molecule has 0 aromatic heterocycles. The highest BCUT2D eigenvalue weighted by Gasteiger charge is 2.35. The summed E-state index contributed by atoms with van der Waals surface area (Å²) in [5.74, 6) is 0.0987. The summed E-state index contributed by atoms with van der Waals surface area (Å²) in [6, 6.07) is 35.4. The van der Waals surface area contributed by atoms with Crippen molar-refractivity contribution in [1.29, 1.82) is 0 Å². The van der Waals surface area contributed by atoms with Gasteiger partial charge in [-0.3, -0.25) is 4.79 Å². The van der Waals surface area contributed by atoms with Crippen LogP contribution in [0.3, 0.4) is 0 Å². The summed E-state index contributed by atoms with van der Waals surface area (Å²) in [5, 5.41) is 2.89. The Morgan fingerprint density at radius 3 is 1.65 bits per heavy atom. The molecule has 0 heterocycles. The second kappa shape index (κ2) is 9.75. The minimum Gasteiger partial charge on any atom is -0.294 e. The third-order valence-corrected chi connectivity index (χ3v) is 11.2. The Morgan fingerprint density at radius 2 is 1.16 bits per heavy atom. The van der Waals surface area contributed by atoms with E-state index in [0.29, 0.717) is 17.0 Å². The van der Waals surface area contributed by atoms with Gasteiger partial charge in [-0.25, -0.2) is 0 Å². The Labute approximate surface area is 193 Å². The number of hydrogen-bond acceptors (Lipinski definition) is 2. The van der Waals surface area contributed by atoms with Crippen molar-refractivity contribution in [3.63, 3.8) is 0 Å². The predicted molar refractivity (Wildman–Crippen MR) is 136 cm³/mol. The van der Waals surface area contributed by atoms with Crippen LogP contribution in [0.1, 0.15) is 28.0 Å². The molecule has 0 N–H and O–H groups in total. The van der Waals surface area contributed by atoms with Crippen LogP contribution in [0.2, 0.25) is 5.02 Å². The molecule has 31 heavy (non-hydrogen) atoms. The van der Waals surface area contributed by atoms with Gasteiger partial charge in [0, 0.05) is 28.7 Å². The van der Waals surface area contributed by atoms with Crippen LogP contribution in [0.4, 0.5) is 0 Å². The zero-order chi connectivity index (χ0) is 21.7. The molecule has 1 atom stereocenters. The minimum atomic E-state index is -2.38. The fourth-order valence-corrected chi connectivity index (χ4v) is 8.57. The van der Waals surface area contributed by atoms with Crippen molar-refractivity contribution >= 4 is 45.8 Å². The zero-order valence-electron chi connectivity index (χ0n) is 16.9. The molecule has 0 aliphatic rings. The van der Waals surface area contributed by atoms with Gasteiger partial charge in [0.15, 0.2) is 5.78 Å². The molecule has 4 rings (SSSR count). The van der Waals surface area contributed by atoms with E-state index in [4.69, 9.17) is 23.4 Å². The molecule has 0 spiro atoms. The Hall–Kier alpha value is -2.51. The van der Waals surface area contributed by atoms with Crippen LogP contribution in [0.15, 0.2) is 115 Å². The Bertz CT molecular complexity index is 1150. The third-order valence-electron chi connectivity index (χ3n) is 5.45. The lowest BCUT2D eigenvalue weighted by Gasteiger charge is -2.33. The normalized spacial score (nSPS) is 12.3. The molecule has 0 fully saturated rings. The van der Waals surface area contributed by atoms with Gasteiger partial charge in [-0.2, -0.15) is 0 Å². The van der Waals surface area contributed by atoms with E-state index in [-0.39, 0.29) is 11.4 Å². The quantitative estimate of drug-likeness (QED) is 0.223. The number of Topliss-reactive ketones (excluding diaryl/α,β-unsaturated/α-hetero) is 1. The highest BCUT2D eigenvalue weighted by molar-refractivity contribution is 8.22. The summed E-state index contributed by atoms with van der Waals surface area (Å²) < 4.78 is 0. The van der Waals surface area contributed by atoms with Crippen molar-refractivity contribution in [2.24, 2.45) is 0 Å². The molecule has 0 aliphatic heterocycles. The monoisotopic (exact) mass is 460 g/mol. The molecule has 4 heteroatoms. The van der Waals surface area contributed by atoms with E-state index in [9.17, 15) is 4.79 Å². The summed E-state index contributed by atoms with van der Waals surface area (Å²) in [6.45, 7) is 0. The molecule has 0 saturated heterocycles. The molecule has 1 nitrogen and oxygen atoms in total. The summed E-state index contributed by atoms with van der Waals surface area (Å²) in [7, 11) is 0. The molecular formula is C27H22ClOPS. The first-order chi connectivity index (χ1) is 15.1. The van der Waals surface area contributed by atoms with Crippen LogP contribution >= 0.6 is 17.6 Å². The fourth-order valence-electron chi connectivity index (χ4n) is 3.87. The van der Waals surface area contributed by atoms with Crippen LogP contribution < -0.4 is 10.6 Å². The molecule has 4 aromatic carbocycles. The molecule has 4 aromatic rings. The van der Waals surface area contributed by atoms with Crippen molar-refractivity contribution in [3.05, 3.63) is 131 Å². The van der Waals surface area contributed by atoms with Crippen LogP contribution in [0.25, 0.3) is 0 Å². The van der Waals surface area contributed by atoms with Crippen molar-refractivity contribution in [2.45, 2.75) is 12.1 Å². The van der Waals surface area contributed by atoms with Crippen LogP contribution in [0, 0.1) is 0 Å². The van der Waals surface area contributed by atoms with Crippen molar-refractivity contribution < 1.29 is 4.79 Å². The number of rotatable bonds is 7. The van der Waals surface area contributed by atoms with Crippen molar-refractivity contribution in [2.75, 3.05) is 0 Å². The lowest BCUT2D eigenvalue weighted by molar-refractivity contribution is 0.0981. The maximum absolute atomic E-state index is 13.4. The zero-order valence-corrected chi connectivity index (χ0v) is 19.4. The van der Waals surface area contributed by atoms with E-state index < -0.39 is 6.04 Å². The van der Waals surface area contributed by atoms with Gasteiger partial charge in [0.2, 0.25) is 0 Å². The lowest BCUT2D eigenvalue weighted by atomic mass is 10.0. The van der Waals surface area contributed by atoms with Gasteiger partial charge < -0.3 is 0 Å². The van der Waals surface area contributed by atoms with E-state index in [1.165, 1.54) is 0 Å². The van der Waals surface area contributed by atoms with E-state index >= 15 is 0 Å². The van der Waals surface area contributed by atoms with Gasteiger partial charge in [-0.1, -0.05) is 127 Å². The van der Waals surface area contributed by atoms with Crippen LogP contribution in [-0.4, -0.2) is 5.78 Å². The van der Waals surface area contributed by atoms with Gasteiger partial charge in [0.05, 0.1) is 0 Å². The molecule has 0 bridgehead atoms. The first-order valence-electron chi connectivity index (χ1n) is 10.1. The van der Waals surface area contributed by atoms with E-state index in [0.717, 1.165) is 16.2 Å². The van der Waals surface area contributed by atoms with E-state index in [2.05, 4.69) is 24.3 Å². The maximum Gasteiger partial charge on any atom is 0.163 e. The van der Waals surface area contributed by atoms with E-state index in [1.54, 1.807) is 0 Å². The summed E-state index contributed by atoms with van der Waals surface area (Å²) in [5.41, 5.74) is 1.62. The van der Waals surface area contributed by atoms with Crippen LogP contribution in [0.5, 0.6) is 0 Å². The minimum absolute atomic E-state index is 0.0987. The highest BCUT2D eigenvalue weighted by Crippen LogP contribution is 2.59. The number of carbonyl (C=O) groups is 1. The number of ketones is 1. The van der Waals surface area contributed by atoms with Gasteiger partial charge >= 0.3 is 0 Å². The Morgan fingerprint density at radius 1 is 0.710 bits per heavy atom. The molecule has 0 radical (unpaired) electrons. The second-order valence-corrected chi connectivity index (χ2v) is 12.5. The fraction of sp³-hybridized carbons (Fsp3) is 0.0741. The highest BCUT2D eigenvalue weighted by atomic mass is 35.5. The summed E-state index contributed by atoms with van der Waals surface area (Å²) in [6.07, 6.45) is 0.340. The lowest BCUT2D eigenvalue weighted by Crippen LogP contribution is -2.23. The predicted octanol–water partition coefficient (Wildman–Crippen LogP) is 6.78. The summed E-state index contributed by atoms with van der Waals surface area (Å²) in [4.78, 5) is 13.4. The molecule has 0 saturated carbocycles. The molecule has 0 unspecified atom stereocenters. The molecule has 154 valence electrons. The van der Waals surface area contributed by atoms with Crippen LogP contribution in [-0.2, 0) is 11.8 Å². The average molecular weight is 461 g/mol. The largest absolute Gasteiger partial charge is 0.294 e. The Balaban J connectivity index is 1.89.